The van der Waals surface area contributed by atoms with Crippen LogP contribution < -0.4 is 30.1 Å². The van der Waals surface area contributed by atoms with E-state index in [1.807, 2.05) is 0 Å². The second-order valence-corrected chi connectivity index (χ2v) is 7.39. The lowest BCUT2D eigenvalue weighted by Crippen LogP contribution is -2.35. The third-order valence-corrected chi connectivity index (χ3v) is 5.08. The van der Waals surface area contributed by atoms with Crippen molar-refractivity contribution in [1.82, 2.24) is 20.0 Å². The van der Waals surface area contributed by atoms with E-state index in [2.05, 4.69) is 30.7 Å². The molecule has 0 aliphatic heterocycles. The van der Waals surface area contributed by atoms with E-state index in [0.717, 1.165) is 19.2 Å². The van der Waals surface area contributed by atoms with Gasteiger partial charge in [0.2, 0.25) is 17.7 Å². The Morgan fingerprint density at radius 3 is 2.06 bits per heavy atom. The van der Waals surface area contributed by atoms with Gasteiger partial charge in [-0.1, -0.05) is 0 Å². The maximum atomic E-state index is 12.8. The number of hydrogen-bond donors (Lipinski definition) is 4. The average molecular weight is 468 g/mol. The Balaban J connectivity index is 2.35. The van der Waals surface area contributed by atoms with E-state index in [1.54, 1.807) is 4.72 Å². The van der Waals surface area contributed by atoms with Gasteiger partial charge in [0.05, 0.1) is 33.0 Å². The molecule has 1 aromatic carbocycles. The van der Waals surface area contributed by atoms with E-state index >= 15 is 0 Å². The summed E-state index contributed by atoms with van der Waals surface area (Å²) in [4.78, 5) is 42.9. The molecule has 0 bridgehead atoms. The Kier molecular flexibility index (Phi) is 7.73. The zero-order chi connectivity index (χ0) is 23.9. The van der Waals surface area contributed by atoms with Gasteiger partial charge in [0, 0.05) is 12.7 Å². The van der Waals surface area contributed by atoms with Crippen LogP contribution in [0.1, 0.15) is 10.4 Å². The monoisotopic (exact) mass is 468 g/mol. The number of benzene rings is 1. The summed E-state index contributed by atoms with van der Waals surface area (Å²) < 4.78 is 41.9. The number of anilines is 2. The van der Waals surface area contributed by atoms with Crippen LogP contribution >= 0.6 is 0 Å². The molecule has 0 spiro atoms. The molecule has 0 aliphatic carbocycles. The summed E-state index contributed by atoms with van der Waals surface area (Å²) in [7, 11) is 0.450. The lowest BCUT2D eigenvalue weighted by Gasteiger charge is -2.13. The molecule has 0 fully saturated rings. The molecule has 0 saturated carbocycles. The summed E-state index contributed by atoms with van der Waals surface area (Å²) in [6.07, 6.45) is 0. The minimum absolute atomic E-state index is 0.0404. The van der Waals surface area contributed by atoms with Crippen molar-refractivity contribution in [1.29, 1.82) is 0 Å². The summed E-state index contributed by atoms with van der Waals surface area (Å²) in [5, 5.41) is 6.79. The van der Waals surface area contributed by atoms with E-state index in [-0.39, 0.29) is 29.0 Å². The van der Waals surface area contributed by atoms with Gasteiger partial charge in [-0.25, -0.2) is 27.5 Å². The van der Waals surface area contributed by atoms with Gasteiger partial charge in [-0.15, -0.1) is 0 Å². The normalized spacial score (nSPS) is 10.5. The first-order chi connectivity index (χ1) is 15.1. The summed E-state index contributed by atoms with van der Waals surface area (Å²) >= 11 is 0. The minimum atomic E-state index is -4.61. The molecule has 4 amide bonds. The molecule has 1 aromatic heterocycles. The van der Waals surface area contributed by atoms with E-state index in [1.165, 1.54) is 33.4 Å². The number of rotatable bonds is 7. The number of ether oxygens (including phenoxy) is 3. The lowest BCUT2D eigenvalue weighted by molar-refractivity contribution is 0.0596. The van der Waals surface area contributed by atoms with E-state index in [9.17, 15) is 22.8 Å². The van der Waals surface area contributed by atoms with E-state index in [4.69, 9.17) is 9.47 Å². The van der Waals surface area contributed by atoms with Gasteiger partial charge in [-0.3, -0.25) is 5.32 Å². The Bertz CT molecular complexity index is 1120. The fourth-order valence-corrected chi connectivity index (χ4v) is 3.40. The predicted molar refractivity (Wildman–Crippen MR) is 110 cm³/mol. The van der Waals surface area contributed by atoms with E-state index < -0.39 is 33.0 Å². The molecule has 0 atom stereocenters. The van der Waals surface area contributed by atoms with Gasteiger partial charge in [0.15, 0.2) is 0 Å². The third kappa shape index (κ3) is 5.94. The Hall–Kier alpha value is -4.14. The number of nitrogens with zero attached hydrogens (tertiary/aromatic N) is 2. The number of esters is 1. The molecule has 0 unspecified atom stereocenters. The van der Waals surface area contributed by atoms with Crippen LogP contribution in [0, 0.1) is 0 Å². The summed E-state index contributed by atoms with van der Waals surface area (Å²) in [6, 6.07) is 2.88. The molecule has 14 nitrogen and oxygen atoms in total. The van der Waals surface area contributed by atoms with Gasteiger partial charge in [0.1, 0.15) is 4.90 Å². The first kappa shape index (κ1) is 24.1. The first-order valence-electron chi connectivity index (χ1n) is 8.65. The number of carbonyl (C=O) groups excluding carboxylic acids is 3. The second-order valence-electron chi connectivity index (χ2n) is 5.74. The van der Waals surface area contributed by atoms with Gasteiger partial charge < -0.3 is 24.8 Å². The third-order valence-electron chi connectivity index (χ3n) is 3.71. The van der Waals surface area contributed by atoms with Crippen LogP contribution in [0.4, 0.5) is 21.2 Å². The number of urea groups is 2. The smallest absolute Gasteiger partial charge is 0.339 e. The van der Waals surface area contributed by atoms with Crippen molar-refractivity contribution < 1.29 is 37.0 Å². The number of nitrogens with one attached hydrogen (secondary N) is 4. The molecule has 15 heteroatoms. The van der Waals surface area contributed by atoms with Gasteiger partial charge in [-0.2, -0.15) is 9.97 Å². The van der Waals surface area contributed by atoms with Gasteiger partial charge >= 0.3 is 18.0 Å². The topological polar surface area (TPSA) is 187 Å². The Morgan fingerprint density at radius 2 is 1.53 bits per heavy atom. The largest absolute Gasteiger partial charge is 0.481 e. The highest BCUT2D eigenvalue weighted by molar-refractivity contribution is 7.90. The first-order valence-corrected chi connectivity index (χ1v) is 10.1. The number of methoxy groups -OCH3 is 3. The van der Waals surface area contributed by atoms with Crippen molar-refractivity contribution >= 4 is 39.7 Å². The number of carbonyl (C=O) groups is 3. The van der Waals surface area contributed by atoms with Crippen LogP contribution in [0.2, 0.25) is 0 Å². The van der Waals surface area contributed by atoms with Crippen LogP contribution in [0.3, 0.4) is 0 Å². The number of amides is 4. The second kappa shape index (κ2) is 10.3. The maximum absolute atomic E-state index is 12.8. The number of aromatic nitrogens is 2. The van der Waals surface area contributed by atoms with Crippen LogP contribution in [0.5, 0.6) is 11.8 Å². The van der Waals surface area contributed by atoms with Crippen LogP contribution in [0.25, 0.3) is 0 Å². The number of sulfonamides is 1. The molecule has 0 saturated heterocycles. The molecule has 4 N–H and O–H groups in total. The van der Waals surface area contributed by atoms with Crippen LogP contribution in [-0.4, -0.2) is 64.8 Å². The SMILES string of the molecule is CNC(=O)Nc1ccc(C(=O)OC)c(S(=O)(=O)NC(=O)Nc2nc(OC)cc(OC)n2)c1. The van der Waals surface area contributed by atoms with E-state index in [0.29, 0.717) is 0 Å². The Labute approximate surface area is 182 Å². The van der Waals surface area contributed by atoms with Crippen molar-refractivity contribution in [2.24, 2.45) is 0 Å². The average Bonchev–Trinajstić information content (AvgIpc) is 2.77. The highest BCUT2D eigenvalue weighted by Gasteiger charge is 2.26. The summed E-state index contributed by atoms with van der Waals surface area (Å²) in [6.45, 7) is 0. The van der Waals surface area contributed by atoms with Crippen LogP contribution in [-0.2, 0) is 14.8 Å². The standard InChI is InChI=1S/C17H20N6O8S/c1-18-16(25)19-9-5-6-10(14(24)31-4)11(7-9)32(27,28)23-17(26)22-15-20-12(29-2)8-13(21-15)30-3/h5-8H,1-4H3,(H2,18,19,25)(H2,20,21,22,23,26). The zero-order valence-corrected chi connectivity index (χ0v) is 18.2. The van der Waals surface area contributed by atoms with Crippen LogP contribution in [0.15, 0.2) is 29.2 Å². The highest BCUT2D eigenvalue weighted by Crippen LogP contribution is 2.22. The quantitative estimate of drug-likeness (QED) is 0.418. The predicted octanol–water partition coefficient (Wildman–Crippen LogP) is 0.542. The molecule has 0 radical (unpaired) electrons. The molecule has 0 aliphatic rings. The molecule has 1 heterocycles. The summed E-state index contributed by atoms with van der Waals surface area (Å²) in [5.74, 6) is -1.18. The molecular formula is C17H20N6O8S. The fourth-order valence-electron chi connectivity index (χ4n) is 2.27. The highest BCUT2D eigenvalue weighted by atomic mass is 32.2. The maximum Gasteiger partial charge on any atom is 0.339 e. The zero-order valence-electron chi connectivity index (χ0n) is 17.4. The number of hydrogen-bond acceptors (Lipinski definition) is 10. The fraction of sp³-hybridized carbons (Fsp3) is 0.235. The van der Waals surface area contributed by atoms with Crippen molar-refractivity contribution in [2.45, 2.75) is 4.90 Å². The molecule has 32 heavy (non-hydrogen) atoms. The molecular weight excluding hydrogens is 448 g/mol. The van der Waals surface area contributed by atoms with Crippen molar-refractivity contribution in [2.75, 3.05) is 39.0 Å². The van der Waals surface area contributed by atoms with Crippen molar-refractivity contribution in [3.8, 4) is 11.8 Å². The van der Waals surface area contributed by atoms with Gasteiger partial charge in [0.25, 0.3) is 10.0 Å². The summed E-state index contributed by atoms with van der Waals surface area (Å²) in [5.41, 5.74) is -0.326. The molecule has 172 valence electrons. The van der Waals surface area contributed by atoms with Gasteiger partial charge in [-0.05, 0) is 18.2 Å². The van der Waals surface area contributed by atoms with Crippen molar-refractivity contribution in [3.63, 3.8) is 0 Å². The Morgan fingerprint density at radius 1 is 0.906 bits per heavy atom. The molecule has 2 rings (SSSR count). The minimum Gasteiger partial charge on any atom is -0.481 e. The molecule has 2 aromatic rings. The van der Waals surface area contributed by atoms with Crippen molar-refractivity contribution in [3.05, 3.63) is 29.8 Å². The lowest BCUT2D eigenvalue weighted by atomic mass is 10.2.